The molecule has 21 heavy (non-hydrogen) atoms. The highest BCUT2D eigenvalue weighted by Crippen LogP contribution is 2.15. The van der Waals surface area contributed by atoms with Crippen molar-refractivity contribution in [3.63, 3.8) is 0 Å². The zero-order valence-corrected chi connectivity index (χ0v) is 12.7. The molecule has 0 aliphatic carbocycles. The van der Waals surface area contributed by atoms with Gasteiger partial charge in [-0.15, -0.1) is 0 Å². The molecule has 0 bridgehead atoms. The largest absolute Gasteiger partial charge is 0.491 e. The first-order chi connectivity index (χ1) is 10.1. The molecule has 110 valence electrons. The smallest absolute Gasteiger partial charge is 0.224 e. The van der Waals surface area contributed by atoms with Crippen LogP contribution in [-0.2, 0) is 11.2 Å². The Bertz CT molecular complexity index is 613. The molecule has 0 atom stereocenters. The number of rotatable bonds is 6. The lowest BCUT2D eigenvalue weighted by Crippen LogP contribution is -2.29. The molecule has 0 saturated carbocycles. The average molecular weight is 304 g/mol. The van der Waals surface area contributed by atoms with Gasteiger partial charge in [0.2, 0.25) is 5.91 Å². The molecule has 2 aromatic carbocycles. The Labute approximate surface area is 129 Å². The summed E-state index contributed by atoms with van der Waals surface area (Å²) >= 11 is 5.89. The van der Waals surface area contributed by atoms with Gasteiger partial charge in [-0.2, -0.15) is 0 Å². The maximum atomic E-state index is 11.8. The van der Waals surface area contributed by atoms with Crippen molar-refractivity contribution in [2.45, 2.75) is 13.3 Å². The molecule has 0 heterocycles. The molecule has 1 amide bonds. The lowest BCUT2D eigenvalue weighted by Gasteiger charge is -2.09. The van der Waals surface area contributed by atoms with Crippen LogP contribution in [0, 0.1) is 6.92 Å². The summed E-state index contributed by atoms with van der Waals surface area (Å²) in [7, 11) is 0. The highest BCUT2D eigenvalue weighted by atomic mass is 35.5. The quantitative estimate of drug-likeness (QED) is 0.831. The molecular formula is C17H18ClNO2. The Hall–Kier alpha value is -2.00. The minimum atomic E-state index is -0.0364. The molecule has 0 unspecified atom stereocenters. The van der Waals surface area contributed by atoms with Gasteiger partial charge in [0.1, 0.15) is 12.4 Å². The van der Waals surface area contributed by atoms with Crippen LogP contribution in [0.3, 0.4) is 0 Å². The van der Waals surface area contributed by atoms with E-state index in [1.807, 2.05) is 43.3 Å². The van der Waals surface area contributed by atoms with Gasteiger partial charge in [-0.1, -0.05) is 41.9 Å². The van der Waals surface area contributed by atoms with Gasteiger partial charge in [-0.3, -0.25) is 4.79 Å². The van der Waals surface area contributed by atoms with Gasteiger partial charge in [0.05, 0.1) is 13.0 Å². The molecule has 0 aliphatic heterocycles. The molecule has 0 saturated heterocycles. The van der Waals surface area contributed by atoms with Crippen molar-refractivity contribution in [2.24, 2.45) is 0 Å². The Balaban J connectivity index is 1.71. The minimum Gasteiger partial charge on any atom is -0.491 e. The summed E-state index contributed by atoms with van der Waals surface area (Å²) < 4.78 is 5.62. The Kier molecular flexibility index (Phi) is 5.64. The number of hydrogen-bond donors (Lipinski definition) is 1. The van der Waals surface area contributed by atoms with Gasteiger partial charge in [-0.25, -0.2) is 0 Å². The van der Waals surface area contributed by atoms with Crippen LogP contribution >= 0.6 is 11.6 Å². The molecule has 2 rings (SSSR count). The number of amides is 1. The van der Waals surface area contributed by atoms with Gasteiger partial charge in [0.15, 0.2) is 0 Å². The van der Waals surface area contributed by atoms with E-state index in [1.165, 1.54) is 0 Å². The average Bonchev–Trinajstić information content (AvgIpc) is 2.45. The number of hydrogen-bond acceptors (Lipinski definition) is 2. The second-order valence-electron chi connectivity index (χ2n) is 4.77. The van der Waals surface area contributed by atoms with E-state index < -0.39 is 0 Å². The summed E-state index contributed by atoms with van der Waals surface area (Å²) in [6.07, 6.45) is 0.324. The highest BCUT2D eigenvalue weighted by Gasteiger charge is 2.04. The van der Waals surface area contributed by atoms with Crippen molar-refractivity contribution in [3.05, 3.63) is 64.7 Å². The van der Waals surface area contributed by atoms with E-state index in [0.717, 1.165) is 16.9 Å². The van der Waals surface area contributed by atoms with Crippen LogP contribution in [-0.4, -0.2) is 19.1 Å². The number of nitrogens with one attached hydrogen (secondary N) is 1. The predicted octanol–water partition coefficient (Wildman–Crippen LogP) is 3.39. The number of para-hydroxylation sites is 1. The van der Waals surface area contributed by atoms with Crippen molar-refractivity contribution in [1.29, 1.82) is 0 Å². The third-order valence-electron chi connectivity index (χ3n) is 3.03. The molecule has 4 heteroatoms. The summed E-state index contributed by atoms with van der Waals surface area (Å²) in [5, 5.41) is 3.48. The van der Waals surface area contributed by atoms with Gasteiger partial charge in [-0.05, 0) is 36.2 Å². The van der Waals surface area contributed by atoms with E-state index in [2.05, 4.69) is 5.32 Å². The predicted molar refractivity (Wildman–Crippen MR) is 84.8 cm³/mol. The third-order valence-corrected chi connectivity index (χ3v) is 3.26. The Morgan fingerprint density at radius 3 is 2.76 bits per heavy atom. The van der Waals surface area contributed by atoms with Gasteiger partial charge < -0.3 is 10.1 Å². The number of aryl methyl sites for hydroxylation is 1. The SMILES string of the molecule is Cc1ccccc1OCCNC(=O)Cc1cccc(Cl)c1. The molecular weight excluding hydrogens is 286 g/mol. The molecule has 0 spiro atoms. The van der Waals surface area contributed by atoms with E-state index >= 15 is 0 Å². The normalized spacial score (nSPS) is 10.2. The molecule has 0 fully saturated rings. The second-order valence-corrected chi connectivity index (χ2v) is 5.21. The zero-order chi connectivity index (χ0) is 15.1. The van der Waals surface area contributed by atoms with Crippen LogP contribution in [0.5, 0.6) is 5.75 Å². The first-order valence-electron chi connectivity index (χ1n) is 6.85. The van der Waals surface area contributed by atoms with E-state index in [-0.39, 0.29) is 5.91 Å². The molecule has 0 aliphatic rings. The first-order valence-corrected chi connectivity index (χ1v) is 7.22. The zero-order valence-electron chi connectivity index (χ0n) is 11.9. The molecule has 3 nitrogen and oxygen atoms in total. The maximum Gasteiger partial charge on any atom is 0.224 e. The third kappa shape index (κ3) is 5.12. The van der Waals surface area contributed by atoms with Crippen molar-refractivity contribution in [1.82, 2.24) is 5.32 Å². The van der Waals surface area contributed by atoms with Crippen molar-refractivity contribution in [2.75, 3.05) is 13.2 Å². The fourth-order valence-corrected chi connectivity index (χ4v) is 2.18. The van der Waals surface area contributed by atoms with E-state index in [0.29, 0.717) is 24.6 Å². The first kappa shape index (κ1) is 15.4. The molecule has 0 aromatic heterocycles. The lowest BCUT2D eigenvalue weighted by molar-refractivity contribution is -0.120. The summed E-state index contributed by atoms with van der Waals surface area (Å²) in [4.78, 5) is 11.8. The number of ether oxygens (including phenoxy) is 1. The van der Waals surface area contributed by atoms with Crippen molar-refractivity contribution < 1.29 is 9.53 Å². The number of halogens is 1. The monoisotopic (exact) mass is 303 g/mol. The standard InChI is InChI=1S/C17H18ClNO2/c1-13-5-2-3-8-16(13)21-10-9-19-17(20)12-14-6-4-7-15(18)11-14/h2-8,11H,9-10,12H2,1H3,(H,19,20). The van der Waals surface area contributed by atoms with Crippen LogP contribution in [0.25, 0.3) is 0 Å². The fraction of sp³-hybridized carbons (Fsp3) is 0.235. The van der Waals surface area contributed by atoms with E-state index in [1.54, 1.807) is 12.1 Å². The van der Waals surface area contributed by atoms with Gasteiger partial charge in [0, 0.05) is 5.02 Å². The fourth-order valence-electron chi connectivity index (χ4n) is 1.96. The van der Waals surface area contributed by atoms with Crippen molar-refractivity contribution >= 4 is 17.5 Å². The van der Waals surface area contributed by atoms with Crippen LogP contribution in [0.15, 0.2) is 48.5 Å². The van der Waals surface area contributed by atoms with E-state index in [9.17, 15) is 4.79 Å². The maximum absolute atomic E-state index is 11.8. The topological polar surface area (TPSA) is 38.3 Å². The summed E-state index contributed by atoms with van der Waals surface area (Å²) in [5.74, 6) is 0.812. The summed E-state index contributed by atoms with van der Waals surface area (Å²) in [6, 6.07) is 15.1. The molecule has 0 radical (unpaired) electrons. The Morgan fingerprint density at radius 1 is 1.19 bits per heavy atom. The van der Waals surface area contributed by atoms with Crippen molar-refractivity contribution in [3.8, 4) is 5.75 Å². The van der Waals surface area contributed by atoms with Crippen LogP contribution in [0.2, 0.25) is 5.02 Å². The van der Waals surface area contributed by atoms with Crippen LogP contribution < -0.4 is 10.1 Å². The number of carbonyl (C=O) groups excluding carboxylic acids is 1. The van der Waals surface area contributed by atoms with E-state index in [4.69, 9.17) is 16.3 Å². The second kappa shape index (κ2) is 7.70. The van der Waals surface area contributed by atoms with Gasteiger partial charge >= 0.3 is 0 Å². The number of benzene rings is 2. The van der Waals surface area contributed by atoms with Gasteiger partial charge in [0.25, 0.3) is 0 Å². The van der Waals surface area contributed by atoms with Crippen LogP contribution in [0.1, 0.15) is 11.1 Å². The lowest BCUT2D eigenvalue weighted by atomic mass is 10.1. The summed E-state index contributed by atoms with van der Waals surface area (Å²) in [6.45, 7) is 2.92. The molecule has 1 N–H and O–H groups in total. The minimum absolute atomic E-state index is 0.0364. The highest BCUT2D eigenvalue weighted by molar-refractivity contribution is 6.30. The summed E-state index contributed by atoms with van der Waals surface area (Å²) in [5.41, 5.74) is 1.99. The van der Waals surface area contributed by atoms with Crippen LogP contribution in [0.4, 0.5) is 0 Å². The Morgan fingerprint density at radius 2 is 2.00 bits per heavy atom. The molecule has 2 aromatic rings. The number of carbonyl (C=O) groups is 1.